The van der Waals surface area contributed by atoms with E-state index in [1.165, 1.54) is 14.2 Å². The van der Waals surface area contributed by atoms with Crippen molar-refractivity contribution >= 4 is 17.7 Å². The zero-order valence-electron chi connectivity index (χ0n) is 11.3. The van der Waals surface area contributed by atoms with Crippen LogP contribution in [0.5, 0.6) is 11.5 Å². The highest BCUT2D eigenvalue weighted by Crippen LogP contribution is 2.29. The Morgan fingerprint density at radius 2 is 2.05 bits per heavy atom. The van der Waals surface area contributed by atoms with Gasteiger partial charge in [-0.1, -0.05) is 0 Å². The summed E-state index contributed by atoms with van der Waals surface area (Å²) in [4.78, 5) is 22.7. The van der Waals surface area contributed by atoms with Crippen molar-refractivity contribution in [3.05, 3.63) is 18.2 Å². The van der Waals surface area contributed by atoms with Crippen LogP contribution in [0, 0.1) is 0 Å². The molecule has 2 N–H and O–H groups in total. The van der Waals surface area contributed by atoms with E-state index >= 15 is 0 Å². The van der Waals surface area contributed by atoms with E-state index in [1.807, 2.05) is 0 Å². The molecule has 2 rings (SSSR count). The lowest BCUT2D eigenvalue weighted by Crippen LogP contribution is -2.24. The highest BCUT2D eigenvalue weighted by Gasteiger charge is 2.24. The number of amides is 2. The Morgan fingerprint density at radius 1 is 1.30 bits per heavy atom. The Labute approximate surface area is 116 Å². The molecule has 0 aromatic heterocycles. The average Bonchev–Trinajstić information content (AvgIpc) is 2.83. The van der Waals surface area contributed by atoms with Crippen molar-refractivity contribution in [3.63, 3.8) is 0 Å². The van der Waals surface area contributed by atoms with Gasteiger partial charge in [0.05, 0.1) is 27.2 Å². The molecule has 0 aliphatic carbocycles. The fraction of sp³-hybridized carbons (Fsp3) is 0.385. The normalized spacial score (nSPS) is 17.3. The first-order valence-electron chi connectivity index (χ1n) is 6.08. The maximum absolute atomic E-state index is 11.7. The largest absolute Gasteiger partial charge is 0.493 e. The lowest BCUT2D eigenvalue weighted by atomic mass is 10.3. The maximum atomic E-state index is 11.7. The minimum atomic E-state index is -0.612. The molecule has 2 amide bonds. The second-order valence-electron chi connectivity index (χ2n) is 4.23. The molecule has 0 spiro atoms. The second kappa shape index (κ2) is 6.14. The maximum Gasteiger partial charge on any atom is 0.411 e. The molecular formula is C13H16N2O5. The molecule has 1 aliphatic rings. The number of hydrogen-bond donors (Lipinski definition) is 2. The molecule has 7 heteroatoms. The molecule has 1 heterocycles. The number of benzene rings is 1. The van der Waals surface area contributed by atoms with E-state index in [2.05, 4.69) is 10.6 Å². The molecule has 1 fully saturated rings. The highest BCUT2D eigenvalue weighted by molar-refractivity contribution is 5.86. The first-order valence-corrected chi connectivity index (χ1v) is 6.08. The molecule has 0 saturated carbocycles. The van der Waals surface area contributed by atoms with E-state index in [1.54, 1.807) is 18.2 Å². The third-order valence-corrected chi connectivity index (χ3v) is 2.84. The van der Waals surface area contributed by atoms with Crippen LogP contribution in [0.25, 0.3) is 0 Å². The number of ether oxygens (including phenoxy) is 3. The van der Waals surface area contributed by atoms with Crippen molar-refractivity contribution in [3.8, 4) is 11.5 Å². The molecule has 1 atom stereocenters. The van der Waals surface area contributed by atoms with Gasteiger partial charge in [0, 0.05) is 11.8 Å². The van der Waals surface area contributed by atoms with E-state index in [0.29, 0.717) is 23.7 Å². The fourth-order valence-electron chi connectivity index (χ4n) is 1.87. The summed E-state index contributed by atoms with van der Waals surface area (Å²) in [6, 6.07) is 4.97. The monoisotopic (exact) mass is 280 g/mol. The molecular weight excluding hydrogens is 264 g/mol. The van der Waals surface area contributed by atoms with Gasteiger partial charge in [-0.3, -0.25) is 10.1 Å². The predicted molar refractivity (Wildman–Crippen MR) is 71.1 cm³/mol. The number of hydrogen-bond acceptors (Lipinski definition) is 5. The van der Waals surface area contributed by atoms with Crippen LogP contribution in [0.3, 0.4) is 0 Å². The highest BCUT2D eigenvalue weighted by atomic mass is 16.6. The minimum Gasteiger partial charge on any atom is -0.493 e. The van der Waals surface area contributed by atoms with Crippen LogP contribution in [0.2, 0.25) is 0 Å². The molecule has 108 valence electrons. The second-order valence-corrected chi connectivity index (χ2v) is 4.23. The Bertz CT molecular complexity index is 517. The van der Waals surface area contributed by atoms with Crippen LogP contribution in [-0.2, 0) is 9.53 Å². The molecule has 20 heavy (non-hydrogen) atoms. The van der Waals surface area contributed by atoms with E-state index in [9.17, 15) is 9.59 Å². The Morgan fingerprint density at radius 3 is 2.65 bits per heavy atom. The smallest absolute Gasteiger partial charge is 0.411 e. The van der Waals surface area contributed by atoms with Gasteiger partial charge in [0.1, 0.15) is 6.10 Å². The predicted octanol–water partition coefficient (Wildman–Crippen LogP) is 1.14. The van der Waals surface area contributed by atoms with Gasteiger partial charge < -0.3 is 19.5 Å². The van der Waals surface area contributed by atoms with Crippen molar-refractivity contribution in [2.24, 2.45) is 0 Å². The molecule has 0 radical (unpaired) electrons. The standard InChI is InChI=1S/C13H16N2O5/c1-18-10-4-3-8(5-11(10)19-2)15-13(17)20-9-6-12(16)14-7-9/h3-5,9H,6-7H2,1-2H3,(H,14,16)(H,15,17). The molecule has 1 unspecified atom stereocenters. The summed E-state index contributed by atoms with van der Waals surface area (Å²) < 4.78 is 15.3. The number of methoxy groups -OCH3 is 2. The van der Waals surface area contributed by atoms with Gasteiger partial charge in [-0.2, -0.15) is 0 Å². The van der Waals surface area contributed by atoms with Gasteiger partial charge in [-0.15, -0.1) is 0 Å². The van der Waals surface area contributed by atoms with Gasteiger partial charge in [-0.05, 0) is 12.1 Å². The number of nitrogens with one attached hydrogen (secondary N) is 2. The van der Waals surface area contributed by atoms with E-state index in [0.717, 1.165) is 0 Å². The van der Waals surface area contributed by atoms with E-state index in [-0.39, 0.29) is 12.3 Å². The molecule has 1 aromatic rings. The summed E-state index contributed by atoms with van der Waals surface area (Å²) >= 11 is 0. The third-order valence-electron chi connectivity index (χ3n) is 2.84. The van der Waals surface area contributed by atoms with Crippen molar-refractivity contribution in [2.75, 3.05) is 26.1 Å². The van der Waals surface area contributed by atoms with Crippen molar-refractivity contribution < 1.29 is 23.8 Å². The minimum absolute atomic E-state index is 0.117. The van der Waals surface area contributed by atoms with E-state index < -0.39 is 12.2 Å². The number of anilines is 1. The van der Waals surface area contributed by atoms with Crippen molar-refractivity contribution in [1.82, 2.24) is 5.32 Å². The summed E-state index contributed by atoms with van der Waals surface area (Å²) in [6.45, 7) is 0.345. The number of rotatable bonds is 4. The van der Waals surface area contributed by atoms with Crippen molar-refractivity contribution in [2.45, 2.75) is 12.5 Å². The van der Waals surface area contributed by atoms with Crippen molar-refractivity contribution in [1.29, 1.82) is 0 Å². The summed E-state index contributed by atoms with van der Waals surface area (Å²) in [5, 5.41) is 5.17. The number of carbonyl (C=O) groups is 2. The Balaban J connectivity index is 1.95. The topological polar surface area (TPSA) is 85.9 Å². The Hall–Kier alpha value is -2.44. The molecule has 1 saturated heterocycles. The SMILES string of the molecule is COc1ccc(NC(=O)OC2CNC(=O)C2)cc1OC. The Kier molecular flexibility index (Phi) is 4.29. The lowest BCUT2D eigenvalue weighted by molar-refractivity contribution is -0.119. The first kappa shape index (κ1) is 14.0. The summed E-state index contributed by atoms with van der Waals surface area (Å²) in [7, 11) is 3.04. The first-order chi connectivity index (χ1) is 9.62. The van der Waals surface area contributed by atoms with Crippen LogP contribution in [0.15, 0.2) is 18.2 Å². The fourth-order valence-corrected chi connectivity index (χ4v) is 1.87. The number of carbonyl (C=O) groups excluding carboxylic acids is 2. The van der Waals surface area contributed by atoms with Gasteiger partial charge in [0.15, 0.2) is 11.5 Å². The van der Waals surface area contributed by atoms with Gasteiger partial charge >= 0.3 is 6.09 Å². The molecule has 7 nitrogen and oxygen atoms in total. The van der Waals surface area contributed by atoms with Crippen LogP contribution in [0.1, 0.15) is 6.42 Å². The van der Waals surface area contributed by atoms with E-state index in [4.69, 9.17) is 14.2 Å². The summed E-state index contributed by atoms with van der Waals surface area (Å²) in [6.07, 6.45) is -0.847. The summed E-state index contributed by atoms with van der Waals surface area (Å²) in [5.74, 6) is 0.953. The lowest BCUT2D eigenvalue weighted by Gasteiger charge is -2.13. The van der Waals surface area contributed by atoms with Gasteiger partial charge in [0.2, 0.25) is 5.91 Å². The van der Waals surface area contributed by atoms with Gasteiger partial charge in [0.25, 0.3) is 0 Å². The quantitative estimate of drug-likeness (QED) is 0.863. The van der Waals surface area contributed by atoms with Crippen LogP contribution in [-0.4, -0.2) is 38.9 Å². The van der Waals surface area contributed by atoms with Crippen LogP contribution in [0.4, 0.5) is 10.5 Å². The molecule has 0 bridgehead atoms. The van der Waals surface area contributed by atoms with Crippen LogP contribution < -0.4 is 20.1 Å². The zero-order valence-corrected chi connectivity index (χ0v) is 11.3. The molecule has 1 aromatic carbocycles. The third kappa shape index (κ3) is 3.31. The van der Waals surface area contributed by atoms with Gasteiger partial charge in [-0.25, -0.2) is 4.79 Å². The molecule has 1 aliphatic heterocycles. The zero-order chi connectivity index (χ0) is 14.5. The van der Waals surface area contributed by atoms with Crippen LogP contribution >= 0.6 is 0 Å². The average molecular weight is 280 g/mol. The summed E-state index contributed by atoms with van der Waals surface area (Å²) in [5.41, 5.74) is 0.518.